The highest BCUT2D eigenvalue weighted by molar-refractivity contribution is 6.31. The Morgan fingerprint density at radius 3 is 2.88 bits per heavy atom. The van der Waals surface area contributed by atoms with Crippen LogP contribution in [0, 0.1) is 0 Å². The summed E-state index contributed by atoms with van der Waals surface area (Å²) >= 11 is 6.00. The average molecular weight is 239 g/mol. The molecule has 0 aliphatic carbocycles. The number of carbonyl (C=O) groups is 1. The first kappa shape index (κ1) is 12.6. The molecule has 0 atom stereocenters. The molecule has 0 spiro atoms. The van der Waals surface area contributed by atoms with Crippen LogP contribution >= 0.6 is 11.6 Å². The first-order chi connectivity index (χ1) is 7.65. The summed E-state index contributed by atoms with van der Waals surface area (Å²) in [5.41, 5.74) is 0.931. The van der Waals surface area contributed by atoms with Crippen LogP contribution in [-0.2, 0) is 6.54 Å². The van der Waals surface area contributed by atoms with Gasteiger partial charge in [0.15, 0.2) is 0 Å². The Hall–Kier alpha value is -1.48. The van der Waals surface area contributed by atoms with Gasteiger partial charge in [0, 0.05) is 25.2 Å². The smallest absolute Gasteiger partial charge is 0.317 e. The van der Waals surface area contributed by atoms with E-state index in [2.05, 4.69) is 11.9 Å². The Bertz CT molecular complexity index is 379. The fourth-order valence-electron chi connectivity index (χ4n) is 1.25. The highest BCUT2D eigenvalue weighted by Gasteiger charge is 2.09. The van der Waals surface area contributed by atoms with Gasteiger partial charge in [0.2, 0.25) is 0 Å². The van der Waals surface area contributed by atoms with Crippen molar-refractivity contribution < 1.29 is 4.79 Å². The maximum atomic E-state index is 11.5. The van der Waals surface area contributed by atoms with Crippen LogP contribution in [0.3, 0.4) is 0 Å². The van der Waals surface area contributed by atoms with Crippen molar-refractivity contribution in [1.82, 2.24) is 10.2 Å². The molecule has 0 unspecified atom stereocenters. The van der Waals surface area contributed by atoms with E-state index >= 15 is 0 Å². The molecule has 1 rings (SSSR count). The summed E-state index contributed by atoms with van der Waals surface area (Å²) in [5, 5.41) is 3.37. The van der Waals surface area contributed by atoms with E-state index in [1.54, 1.807) is 18.0 Å². The van der Waals surface area contributed by atoms with E-state index in [1.807, 2.05) is 24.3 Å². The summed E-state index contributed by atoms with van der Waals surface area (Å²) in [6.45, 7) is 4.49. The van der Waals surface area contributed by atoms with Gasteiger partial charge in [-0.25, -0.2) is 4.79 Å². The number of hydrogen-bond donors (Lipinski definition) is 1. The van der Waals surface area contributed by atoms with Crippen molar-refractivity contribution in [1.29, 1.82) is 0 Å². The third-order valence-electron chi connectivity index (χ3n) is 2.11. The molecular weight excluding hydrogens is 224 g/mol. The van der Waals surface area contributed by atoms with Crippen molar-refractivity contribution in [3.05, 3.63) is 47.5 Å². The largest absolute Gasteiger partial charge is 0.335 e. The lowest BCUT2D eigenvalue weighted by Crippen LogP contribution is -2.36. The molecule has 0 aliphatic heterocycles. The van der Waals surface area contributed by atoms with Gasteiger partial charge in [0.05, 0.1) is 0 Å². The van der Waals surface area contributed by atoms with E-state index in [0.29, 0.717) is 18.1 Å². The van der Waals surface area contributed by atoms with Gasteiger partial charge >= 0.3 is 6.03 Å². The maximum Gasteiger partial charge on any atom is 0.317 e. The van der Waals surface area contributed by atoms with Crippen LogP contribution in [-0.4, -0.2) is 24.5 Å². The fourth-order valence-corrected chi connectivity index (χ4v) is 1.44. The molecule has 3 nitrogen and oxygen atoms in total. The number of benzene rings is 1. The minimum atomic E-state index is -0.139. The standard InChI is InChI=1S/C12H15ClN2O/c1-3-8-14-12(16)15(2)9-10-6-4-5-7-11(10)13/h3-7H,1,8-9H2,2H3,(H,14,16). The lowest BCUT2D eigenvalue weighted by Gasteiger charge is -2.18. The molecule has 4 heteroatoms. The molecular formula is C12H15ClN2O. The Morgan fingerprint density at radius 1 is 1.56 bits per heavy atom. The number of amides is 2. The van der Waals surface area contributed by atoms with Crippen LogP contribution < -0.4 is 5.32 Å². The number of carbonyl (C=O) groups excluding carboxylic acids is 1. The van der Waals surface area contributed by atoms with Gasteiger partial charge in [-0.2, -0.15) is 0 Å². The maximum absolute atomic E-state index is 11.5. The third-order valence-corrected chi connectivity index (χ3v) is 2.48. The van der Waals surface area contributed by atoms with E-state index in [-0.39, 0.29) is 6.03 Å². The van der Waals surface area contributed by atoms with Gasteiger partial charge in [-0.15, -0.1) is 6.58 Å². The summed E-state index contributed by atoms with van der Waals surface area (Å²) in [6, 6.07) is 7.34. The molecule has 1 N–H and O–H groups in total. The topological polar surface area (TPSA) is 32.3 Å². The summed E-state index contributed by atoms with van der Waals surface area (Å²) in [5.74, 6) is 0. The second-order valence-electron chi connectivity index (χ2n) is 3.42. The number of hydrogen-bond acceptors (Lipinski definition) is 1. The second-order valence-corrected chi connectivity index (χ2v) is 3.83. The molecule has 0 aliphatic rings. The van der Waals surface area contributed by atoms with E-state index in [9.17, 15) is 4.79 Å². The molecule has 0 aromatic heterocycles. The first-order valence-electron chi connectivity index (χ1n) is 4.98. The summed E-state index contributed by atoms with van der Waals surface area (Å²) in [4.78, 5) is 13.1. The molecule has 2 amide bonds. The van der Waals surface area contributed by atoms with Crippen LogP contribution in [0.2, 0.25) is 5.02 Å². The summed E-state index contributed by atoms with van der Waals surface area (Å²) in [6.07, 6.45) is 1.64. The molecule has 0 saturated heterocycles. The molecule has 0 heterocycles. The lowest BCUT2D eigenvalue weighted by atomic mass is 10.2. The average Bonchev–Trinajstić information content (AvgIpc) is 2.28. The summed E-state index contributed by atoms with van der Waals surface area (Å²) in [7, 11) is 1.72. The fraction of sp³-hybridized carbons (Fsp3) is 0.250. The Kier molecular flexibility index (Phi) is 4.86. The highest BCUT2D eigenvalue weighted by Crippen LogP contribution is 2.16. The zero-order chi connectivity index (χ0) is 12.0. The number of halogens is 1. The van der Waals surface area contributed by atoms with Crippen molar-refractivity contribution in [2.75, 3.05) is 13.6 Å². The summed E-state index contributed by atoms with van der Waals surface area (Å²) < 4.78 is 0. The van der Waals surface area contributed by atoms with E-state index in [0.717, 1.165) is 5.56 Å². The first-order valence-corrected chi connectivity index (χ1v) is 5.36. The third kappa shape index (κ3) is 3.59. The predicted octanol–water partition coefficient (Wildman–Crippen LogP) is 2.67. The van der Waals surface area contributed by atoms with E-state index in [4.69, 9.17) is 11.6 Å². The van der Waals surface area contributed by atoms with Crippen LogP contribution in [0.15, 0.2) is 36.9 Å². The molecule has 86 valence electrons. The van der Waals surface area contributed by atoms with Gasteiger partial charge < -0.3 is 10.2 Å². The molecule has 1 aromatic rings. The van der Waals surface area contributed by atoms with Gasteiger partial charge in [0.1, 0.15) is 0 Å². The van der Waals surface area contributed by atoms with Crippen molar-refractivity contribution >= 4 is 17.6 Å². The number of rotatable bonds is 4. The van der Waals surface area contributed by atoms with Crippen molar-refractivity contribution in [3.8, 4) is 0 Å². The van der Waals surface area contributed by atoms with E-state index < -0.39 is 0 Å². The molecule has 16 heavy (non-hydrogen) atoms. The van der Waals surface area contributed by atoms with Gasteiger partial charge in [-0.3, -0.25) is 0 Å². The molecule has 1 aromatic carbocycles. The van der Waals surface area contributed by atoms with Crippen molar-refractivity contribution in [2.24, 2.45) is 0 Å². The van der Waals surface area contributed by atoms with Gasteiger partial charge in [0.25, 0.3) is 0 Å². The van der Waals surface area contributed by atoms with Crippen LogP contribution in [0.1, 0.15) is 5.56 Å². The van der Waals surface area contributed by atoms with Gasteiger partial charge in [-0.1, -0.05) is 35.9 Å². The van der Waals surface area contributed by atoms with Gasteiger partial charge in [-0.05, 0) is 11.6 Å². The van der Waals surface area contributed by atoms with Crippen LogP contribution in [0.4, 0.5) is 4.79 Å². The van der Waals surface area contributed by atoms with Crippen LogP contribution in [0.5, 0.6) is 0 Å². The Labute approximate surface area is 101 Å². The highest BCUT2D eigenvalue weighted by atomic mass is 35.5. The minimum Gasteiger partial charge on any atom is -0.335 e. The monoisotopic (exact) mass is 238 g/mol. The predicted molar refractivity (Wildman–Crippen MR) is 66.5 cm³/mol. The Balaban J connectivity index is 2.57. The second kappa shape index (κ2) is 6.18. The number of urea groups is 1. The Morgan fingerprint density at radius 2 is 2.25 bits per heavy atom. The quantitative estimate of drug-likeness (QED) is 0.804. The van der Waals surface area contributed by atoms with Crippen molar-refractivity contribution in [3.63, 3.8) is 0 Å². The molecule has 0 bridgehead atoms. The molecule has 0 fully saturated rings. The number of nitrogens with one attached hydrogen (secondary N) is 1. The minimum absolute atomic E-state index is 0.139. The lowest BCUT2D eigenvalue weighted by molar-refractivity contribution is 0.208. The zero-order valence-corrected chi connectivity index (χ0v) is 10.00. The normalized spacial score (nSPS) is 9.62. The molecule has 0 saturated carbocycles. The van der Waals surface area contributed by atoms with Crippen LogP contribution in [0.25, 0.3) is 0 Å². The molecule has 0 radical (unpaired) electrons. The zero-order valence-electron chi connectivity index (χ0n) is 9.24. The SMILES string of the molecule is C=CCNC(=O)N(C)Cc1ccccc1Cl. The van der Waals surface area contributed by atoms with E-state index in [1.165, 1.54) is 0 Å². The van der Waals surface area contributed by atoms with Crippen molar-refractivity contribution in [2.45, 2.75) is 6.54 Å². The number of nitrogens with zero attached hydrogens (tertiary/aromatic N) is 1.